The Morgan fingerprint density at radius 1 is 1.10 bits per heavy atom. The van der Waals surface area contributed by atoms with E-state index in [9.17, 15) is 14.4 Å². The molecule has 3 fully saturated rings. The molecule has 29 heavy (non-hydrogen) atoms. The lowest BCUT2D eigenvalue weighted by Crippen LogP contribution is -2.52. The molecular formula is C22H28N4O3. The summed E-state index contributed by atoms with van der Waals surface area (Å²) in [6.07, 6.45) is 4.64. The summed E-state index contributed by atoms with van der Waals surface area (Å²) < 4.78 is 0. The van der Waals surface area contributed by atoms with Gasteiger partial charge >= 0.3 is 0 Å². The van der Waals surface area contributed by atoms with Gasteiger partial charge in [-0.1, -0.05) is 25.0 Å². The number of amides is 3. The van der Waals surface area contributed by atoms with Crippen molar-refractivity contribution in [1.29, 1.82) is 0 Å². The Kier molecular flexibility index (Phi) is 4.67. The van der Waals surface area contributed by atoms with Crippen LogP contribution >= 0.6 is 0 Å². The van der Waals surface area contributed by atoms with E-state index in [1.165, 1.54) is 19.3 Å². The molecule has 1 saturated carbocycles. The van der Waals surface area contributed by atoms with Gasteiger partial charge in [-0.2, -0.15) is 0 Å². The van der Waals surface area contributed by atoms with Crippen LogP contribution in [-0.4, -0.2) is 52.7 Å². The molecule has 0 bridgehead atoms. The molecule has 0 aromatic heterocycles. The molecule has 5 rings (SSSR count). The first kappa shape index (κ1) is 18.8. The fraction of sp³-hybridized carbons (Fsp3) is 0.591. The number of hydrogen-bond donors (Lipinski definition) is 2. The lowest BCUT2D eigenvalue weighted by atomic mass is 9.98. The van der Waals surface area contributed by atoms with E-state index in [1.54, 1.807) is 4.90 Å². The van der Waals surface area contributed by atoms with Crippen molar-refractivity contribution in [3.8, 4) is 0 Å². The van der Waals surface area contributed by atoms with Crippen molar-refractivity contribution in [2.45, 2.75) is 57.3 Å². The monoisotopic (exact) mass is 396 g/mol. The van der Waals surface area contributed by atoms with Crippen molar-refractivity contribution < 1.29 is 14.4 Å². The van der Waals surface area contributed by atoms with Crippen LogP contribution in [0.25, 0.3) is 0 Å². The highest BCUT2D eigenvalue weighted by molar-refractivity contribution is 6.05. The second kappa shape index (κ2) is 7.22. The van der Waals surface area contributed by atoms with Gasteiger partial charge in [0.1, 0.15) is 6.04 Å². The van der Waals surface area contributed by atoms with Gasteiger partial charge in [-0.3, -0.25) is 24.6 Å². The fourth-order valence-corrected chi connectivity index (χ4v) is 5.11. The average molecular weight is 396 g/mol. The lowest BCUT2D eigenvalue weighted by Gasteiger charge is -2.29. The highest BCUT2D eigenvalue weighted by atomic mass is 16.2. The second-order valence-corrected chi connectivity index (χ2v) is 9.19. The normalized spacial score (nSPS) is 30.0. The summed E-state index contributed by atoms with van der Waals surface area (Å²) in [5, 5.41) is 2.35. The van der Waals surface area contributed by atoms with Crippen LogP contribution in [0.5, 0.6) is 0 Å². The molecule has 3 aliphatic heterocycles. The zero-order chi connectivity index (χ0) is 20.1. The molecule has 3 N–H and O–H groups in total. The third-order valence-corrected chi connectivity index (χ3v) is 6.90. The van der Waals surface area contributed by atoms with E-state index >= 15 is 0 Å². The Morgan fingerprint density at radius 2 is 1.93 bits per heavy atom. The molecule has 1 aromatic rings. The van der Waals surface area contributed by atoms with Gasteiger partial charge in [0.2, 0.25) is 11.8 Å². The number of imide groups is 1. The average Bonchev–Trinajstić information content (AvgIpc) is 3.36. The number of nitrogens with two attached hydrogens (primary N) is 1. The number of nitrogens with one attached hydrogen (secondary N) is 1. The molecule has 1 unspecified atom stereocenters. The molecule has 2 saturated heterocycles. The summed E-state index contributed by atoms with van der Waals surface area (Å²) in [6.45, 7) is 3.17. The molecule has 3 amide bonds. The van der Waals surface area contributed by atoms with Gasteiger partial charge in [0.25, 0.3) is 5.91 Å². The third-order valence-electron chi connectivity index (χ3n) is 6.90. The van der Waals surface area contributed by atoms with E-state index in [-0.39, 0.29) is 30.2 Å². The molecule has 4 aliphatic rings. The molecule has 3 atom stereocenters. The van der Waals surface area contributed by atoms with Crippen LogP contribution in [0.15, 0.2) is 18.2 Å². The van der Waals surface area contributed by atoms with Gasteiger partial charge in [-0.25, -0.2) is 0 Å². The predicted molar refractivity (Wildman–Crippen MR) is 107 cm³/mol. The van der Waals surface area contributed by atoms with Gasteiger partial charge in [0.15, 0.2) is 0 Å². The Bertz CT molecular complexity index is 866. The molecule has 3 heterocycles. The number of carbonyl (C=O) groups excluding carboxylic acids is 3. The quantitative estimate of drug-likeness (QED) is 0.724. The fourth-order valence-electron chi connectivity index (χ4n) is 5.11. The number of carbonyl (C=O) groups is 3. The second-order valence-electron chi connectivity index (χ2n) is 9.19. The largest absolute Gasteiger partial charge is 0.326 e. The number of likely N-dealkylation sites (tertiary alicyclic amines) is 1. The summed E-state index contributed by atoms with van der Waals surface area (Å²) in [7, 11) is 0. The van der Waals surface area contributed by atoms with Crippen LogP contribution in [0.4, 0.5) is 0 Å². The van der Waals surface area contributed by atoms with Crippen molar-refractivity contribution in [2.24, 2.45) is 17.6 Å². The lowest BCUT2D eigenvalue weighted by molar-refractivity contribution is -0.136. The Morgan fingerprint density at radius 3 is 2.69 bits per heavy atom. The van der Waals surface area contributed by atoms with Crippen molar-refractivity contribution in [3.05, 3.63) is 34.9 Å². The number of nitrogens with zero attached hydrogens (tertiary/aromatic N) is 2. The van der Waals surface area contributed by atoms with E-state index in [4.69, 9.17) is 5.73 Å². The molecule has 154 valence electrons. The number of piperidine rings is 1. The standard InChI is InChI=1S/C22H28N4O3/c23-18-12-25(10-16(18)7-13-1-2-13)9-14-3-4-15-11-26(22(29)17(15)8-14)19-5-6-20(27)24-21(19)28/h3-4,8,13,16,18-19H,1-2,5-7,9-12,23H2,(H,24,27,28)/t16-,18-,19?/m1/s1. The van der Waals surface area contributed by atoms with Crippen LogP contribution in [0, 0.1) is 11.8 Å². The van der Waals surface area contributed by atoms with E-state index in [2.05, 4.69) is 16.3 Å². The zero-order valence-electron chi connectivity index (χ0n) is 16.6. The smallest absolute Gasteiger partial charge is 0.255 e. The van der Waals surface area contributed by atoms with Crippen LogP contribution in [0.1, 0.15) is 53.6 Å². The summed E-state index contributed by atoms with van der Waals surface area (Å²) in [5.41, 5.74) is 9.12. The van der Waals surface area contributed by atoms with Crippen LogP contribution in [0.3, 0.4) is 0 Å². The maximum atomic E-state index is 13.0. The number of rotatable bonds is 5. The maximum Gasteiger partial charge on any atom is 0.255 e. The Labute approximate surface area is 170 Å². The zero-order valence-corrected chi connectivity index (χ0v) is 16.6. The van der Waals surface area contributed by atoms with Gasteiger partial charge in [0, 0.05) is 44.2 Å². The third kappa shape index (κ3) is 3.69. The first-order valence-electron chi connectivity index (χ1n) is 10.7. The number of hydrogen-bond acceptors (Lipinski definition) is 5. The highest BCUT2D eigenvalue weighted by Crippen LogP contribution is 2.38. The first-order valence-corrected chi connectivity index (χ1v) is 10.7. The summed E-state index contributed by atoms with van der Waals surface area (Å²) in [6, 6.07) is 5.75. The Balaban J connectivity index is 1.26. The van der Waals surface area contributed by atoms with E-state index in [1.807, 2.05) is 12.1 Å². The first-order chi connectivity index (χ1) is 14.0. The van der Waals surface area contributed by atoms with Crippen LogP contribution in [-0.2, 0) is 22.7 Å². The number of fused-ring (bicyclic) bond motifs is 1. The minimum absolute atomic E-state index is 0.110. The molecule has 7 heteroatoms. The number of benzene rings is 1. The van der Waals surface area contributed by atoms with Crippen molar-refractivity contribution in [1.82, 2.24) is 15.1 Å². The molecule has 0 radical (unpaired) electrons. The van der Waals surface area contributed by atoms with Crippen LogP contribution < -0.4 is 11.1 Å². The Hall–Kier alpha value is -2.25. The van der Waals surface area contributed by atoms with Crippen molar-refractivity contribution >= 4 is 17.7 Å². The molecule has 7 nitrogen and oxygen atoms in total. The van der Waals surface area contributed by atoms with Crippen LogP contribution in [0.2, 0.25) is 0 Å². The minimum atomic E-state index is -0.559. The van der Waals surface area contributed by atoms with Gasteiger partial charge in [-0.15, -0.1) is 0 Å². The van der Waals surface area contributed by atoms with Crippen molar-refractivity contribution in [2.75, 3.05) is 13.1 Å². The van der Waals surface area contributed by atoms with Gasteiger partial charge < -0.3 is 10.6 Å². The maximum absolute atomic E-state index is 13.0. The molecule has 0 spiro atoms. The molecule has 1 aliphatic carbocycles. The summed E-state index contributed by atoms with van der Waals surface area (Å²) >= 11 is 0. The van der Waals surface area contributed by atoms with Gasteiger partial charge in [-0.05, 0) is 41.9 Å². The minimum Gasteiger partial charge on any atom is -0.326 e. The van der Waals surface area contributed by atoms with Crippen molar-refractivity contribution in [3.63, 3.8) is 0 Å². The summed E-state index contributed by atoms with van der Waals surface area (Å²) in [4.78, 5) is 40.6. The molecule has 1 aromatic carbocycles. The van der Waals surface area contributed by atoms with E-state index < -0.39 is 6.04 Å². The predicted octanol–water partition coefficient (Wildman–Crippen LogP) is 1.01. The topological polar surface area (TPSA) is 95.7 Å². The molecular weight excluding hydrogens is 368 g/mol. The van der Waals surface area contributed by atoms with Gasteiger partial charge in [0.05, 0.1) is 0 Å². The SMILES string of the molecule is N[C@@H]1CN(Cc2ccc3c(c2)C(=O)N(C2CCC(=O)NC2=O)C3)C[C@H]1CC1CC1. The highest BCUT2D eigenvalue weighted by Gasteiger charge is 2.39. The van der Waals surface area contributed by atoms with E-state index in [0.717, 1.165) is 36.7 Å². The summed E-state index contributed by atoms with van der Waals surface area (Å²) in [5.74, 6) is 0.737. The van der Waals surface area contributed by atoms with E-state index in [0.29, 0.717) is 24.4 Å².